The molecule has 1 N–H and O–H groups in total. The first kappa shape index (κ1) is 13.0. The van der Waals surface area contributed by atoms with E-state index in [2.05, 4.69) is 5.32 Å². The molecule has 0 spiro atoms. The largest absolute Gasteiger partial charge is 0.316 e. The zero-order valence-corrected chi connectivity index (χ0v) is 10.4. The number of nitrogens with one attached hydrogen (secondary N) is 1. The molecule has 0 aromatic heterocycles. The van der Waals surface area contributed by atoms with E-state index in [1.54, 1.807) is 6.92 Å². The third-order valence-electron chi connectivity index (χ3n) is 3.10. The third-order valence-corrected chi connectivity index (χ3v) is 3.10. The highest BCUT2D eigenvalue weighted by Gasteiger charge is 2.38. The first-order chi connectivity index (χ1) is 8.49. The molecule has 5 heteroatoms. The van der Waals surface area contributed by atoms with Crippen LogP contribution in [0.3, 0.4) is 0 Å². The Morgan fingerprint density at radius 3 is 2.50 bits per heavy atom. The van der Waals surface area contributed by atoms with Crippen molar-refractivity contribution in [1.29, 1.82) is 0 Å². The van der Waals surface area contributed by atoms with Crippen molar-refractivity contribution < 1.29 is 13.6 Å². The molecule has 0 bridgehead atoms. The highest BCUT2D eigenvalue weighted by atomic mass is 19.3. The number of hydrogen-bond donors (Lipinski definition) is 1. The van der Waals surface area contributed by atoms with Gasteiger partial charge in [0.1, 0.15) is 6.17 Å². The van der Waals surface area contributed by atoms with Crippen LogP contribution in [0.15, 0.2) is 24.3 Å². The zero-order chi connectivity index (χ0) is 13.3. The Balaban J connectivity index is 2.24. The van der Waals surface area contributed by atoms with Crippen LogP contribution in [0.1, 0.15) is 24.2 Å². The number of nitrogens with zero attached hydrogens (tertiary/aromatic N) is 1. The van der Waals surface area contributed by atoms with Crippen molar-refractivity contribution in [3.63, 3.8) is 0 Å². The molecular formula is C13H16F2N2O. The molecule has 0 saturated carbocycles. The molecule has 1 heterocycles. The Hall–Kier alpha value is -1.49. The molecule has 1 aliphatic heterocycles. The molecule has 2 atom stereocenters. The molecule has 1 saturated heterocycles. The number of carbonyl (C=O) groups excluding carboxylic acids is 1. The summed E-state index contributed by atoms with van der Waals surface area (Å²) in [6.45, 7) is 3.11. The quantitative estimate of drug-likeness (QED) is 0.895. The Labute approximate surface area is 105 Å². The molecule has 3 nitrogen and oxygen atoms in total. The van der Waals surface area contributed by atoms with Crippen molar-refractivity contribution >= 4 is 5.91 Å². The molecule has 0 radical (unpaired) electrons. The lowest BCUT2D eigenvalue weighted by molar-refractivity contribution is -0.131. The topological polar surface area (TPSA) is 32.3 Å². The third kappa shape index (κ3) is 2.51. The zero-order valence-electron chi connectivity index (χ0n) is 10.4. The van der Waals surface area contributed by atoms with E-state index in [0.717, 1.165) is 11.1 Å². The normalized spacial score (nSPS) is 24.1. The lowest BCUT2D eigenvalue weighted by Gasteiger charge is -2.24. The molecule has 0 aliphatic carbocycles. The van der Waals surface area contributed by atoms with Crippen LogP contribution in [0.5, 0.6) is 0 Å². The van der Waals surface area contributed by atoms with Gasteiger partial charge >= 0.3 is 0 Å². The lowest BCUT2D eigenvalue weighted by atomic mass is 10.1. The van der Waals surface area contributed by atoms with E-state index in [0.29, 0.717) is 0 Å². The maximum Gasteiger partial charge on any atom is 0.255 e. The average Bonchev–Trinajstić information content (AvgIpc) is 2.58. The van der Waals surface area contributed by atoms with Crippen molar-refractivity contribution in [1.82, 2.24) is 10.2 Å². The van der Waals surface area contributed by atoms with Gasteiger partial charge in [-0.05, 0) is 19.4 Å². The standard InChI is InChI=1S/C13H16F2N2O/c1-8-3-5-10(6-4-8)12-16-9(2)13(18)17(12)7-11(14)15/h3-6,9,11-12,16H,7H2,1-2H3. The van der Waals surface area contributed by atoms with Gasteiger partial charge in [0.05, 0.1) is 12.6 Å². The average molecular weight is 254 g/mol. The molecule has 1 aromatic carbocycles. The minimum absolute atomic E-state index is 0.277. The van der Waals surface area contributed by atoms with Gasteiger partial charge in [-0.15, -0.1) is 0 Å². The summed E-state index contributed by atoms with van der Waals surface area (Å²) in [7, 11) is 0. The summed E-state index contributed by atoms with van der Waals surface area (Å²) in [5.74, 6) is -0.277. The van der Waals surface area contributed by atoms with Crippen LogP contribution in [-0.4, -0.2) is 29.8 Å². The van der Waals surface area contributed by atoms with E-state index in [4.69, 9.17) is 0 Å². The number of benzene rings is 1. The maximum atomic E-state index is 12.5. The highest BCUT2D eigenvalue weighted by molar-refractivity contribution is 5.84. The van der Waals surface area contributed by atoms with Crippen LogP contribution in [-0.2, 0) is 4.79 Å². The van der Waals surface area contributed by atoms with Crippen molar-refractivity contribution in [3.05, 3.63) is 35.4 Å². The molecule has 2 rings (SSSR count). The van der Waals surface area contributed by atoms with Gasteiger partial charge in [0.25, 0.3) is 6.43 Å². The SMILES string of the molecule is Cc1ccc(C2NC(C)C(=O)N2CC(F)F)cc1. The minimum atomic E-state index is -2.52. The van der Waals surface area contributed by atoms with Gasteiger partial charge < -0.3 is 4.90 Å². The van der Waals surface area contributed by atoms with Crippen molar-refractivity contribution in [2.45, 2.75) is 32.5 Å². The number of amides is 1. The number of halogens is 2. The second-order valence-electron chi connectivity index (χ2n) is 4.58. The van der Waals surface area contributed by atoms with Crippen LogP contribution in [0, 0.1) is 6.92 Å². The van der Waals surface area contributed by atoms with Crippen molar-refractivity contribution in [2.75, 3.05) is 6.54 Å². The Morgan fingerprint density at radius 1 is 1.33 bits per heavy atom. The molecule has 1 aromatic rings. The number of rotatable bonds is 3. The van der Waals surface area contributed by atoms with Crippen LogP contribution in [0.2, 0.25) is 0 Å². The lowest BCUT2D eigenvalue weighted by Crippen LogP contribution is -2.34. The van der Waals surface area contributed by atoms with E-state index >= 15 is 0 Å². The predicted octanol–water partition coefficient (Wildman–Crippen LogP) is 2.08. The van der Waals surface area contributed by atoms with Gasteiger partial charge in [-0.1, -0.05) is 29.8 Å². The molecule has 1 fully saturated rings. The predicted molar refractivity (Wildman–Crippen MR) is 64.2 cm³/mol. The summed E-state index contributed by atoms with van der Waals surface area (Å²) in [6, 6.07) is 7.11. The summed E-state index contributed by atoms with van der Waals surface area (Å²) < 4.78 is 25.0. The summed E-state index contributed by atoms with van der Waals surface area (Å²) >= 11 is 0. The number of aryl methyl sites for hydroxylation is 1. The highest BCUT2D eigenvalue weighted by Crippen LogP contribution is 2.26. The van der Waals surface area contributed by atoms with Gasteiger partial charge in [0, 0.05) is 0 Å². The van der Waals surface area contributed by atoms with E-state index in [-0.39, 0.29) is 5.91 Å². The van der Waals surface area contributed by atoms with Crippen LogP contribution in [0.25, 0.3) is 0 Å². The Morgan fingerprint density at radius 2 is 1.94 bits per heavy atom. The first-order valence-electron chi connectivity index (χ1n) is 5.90. The fraction of sp³-hybridized carbons (Fsp3) is 0.462. The number of carbonyl (C=O) groups is 1. The fourth-order valence-corrected chi connectivity index (χ4v) is 2.14. The molecule has 18 heavy (non-hydrogen) atoms. The first-order valence-corrected chi connectivity index (χ1v) is 5.90. The van der Waals surface area contributed by atoms with E-state index in [1.807, 2.05) is 31.2 Å². The molecule has 98 valence electrons. The fourth-order valence-electron chi connectivity index (χ4n) is 2.14. The van der Waals surface area contributed by atoms with Gasteiger partial charge in [0.15, 0.2) is 0 Å². The number of hydrogen-bond acceptors (Lipinski definition) is 2. The number of alkyl halides is 2. The summed E-state index contributed by atoms with van der Waals surface area (Å²) in [5.41, 5.74) is 1.93. The monoisotopic (exact) mass is 254 g/mol. The van der Waals surface area contributed by atoms with Crippen LogP contribution in [0.4, 0.5) is 8.78 Å². The van der Waals surface area contributed by atoms with Gasteiger partial charge in [0.2, 0.25) is 5.91 Å². The van der Waals surface area contributed by atoms with Gasteiger partial charge in [-0.25, -0.2) is 8.78 Å². The summed E-state index contributed by atoms with van der Waals surface area (Å²) in [5, 5.41) is 3.04. The molecular weight excluding hydrogens is 238 g/mol. The second-order valence-corrected chi connectivity index (χ2v) is 4.58. The Bertz CT molecular complexity index is 433. The molecule has 1 aliphatic rings. The van der Waals surface area contributed by atoms with Crippen LogP contribution >= 0.6 is 0 Å². The van der Waals surface area contributed by atoms with Crippen molar-refractivity contribution in [2.24, 2.45) is 0 Å². The van der Waals surface area contributed by atoms with E-state index in [9.17, 15) is 13.6 Å². The molecule has 2 unspecified atom stereocenters. The smallest absolute Gasteiger partial charge is 0.255 e. The Kier molecular flexibility index (Phi) is 3.61. The van der Waals surface area contributed by atoms with Gasteiger partial charge in [-0.3, -0.25) is 10.1 Å². The van der Waals surface area contributed by atoms with E-state index < -0.39 is 25.2 Å². The van der Waals surface area contributed by atoms with Crippen molar-refractivity contribution in [3.8, 4) is 0 Å². The van der Waals surface area contributed by atoms with E-state index in [1.165, 1.54) is 4.90 Å². The minimum Gasteiger partial charge on any atom is -0.316 e. The second kappa shape index (κ2) is 5.02. The maximum absolute atomic E-state index is 12.5. The summed E-state index contributed by atoms with van der Waals surface area (Å²) in [4.78, 5) is 13.0. The van der Waals surface area contributed by atoms with Gasteiger partial charge in [-0.2, -0.15) is 0 Å². The summed E-state index contributed by atoms with van der Waals surface area (Å²) in [6.07, 6.45) is -2.98. The molecule has 1 amide bonds. The van der Waals surface area contributed by atoms with Crippen LogP contribution < -0.4 is 5.32 Å².